The van der Waals surface area contributed by atoms with E-state index in [1.54, 1.807) is 7.05 Å². The minimum absolute atomic E-state index is 0.309. The maximum absolute atomic E-state index is 6.15. The minimum Gasteiger partial charge on any atom is -0.167 e. The Balaban J connectivity index is 1.78. The highest BCUT2D eigenvalue weighted by molar-refractivity contribution is 6.20. The van der Waals surface area contributed by atoms with Crippen molar-refractivity contribution in [3.05, 3.63) is 5.82 Å². The number of halogens is 1. The van der Waals surface area contributed by atoms with Crippen molar-refractivity contribution in [2.24, 2.45) is 13.0 Å². The van der Waals surface area contributed by atoms with Crippen LogP contribution in [0.1, 0.15) is 25.1 Å². The SMILES string of the molecule is Cn1nnc(CCC(Cl)C2CC2)n1. The van der Waals surface area contributed by atoms with E-state index in [9.17, 15) is 0 Å². The van der Waals surface area contributed by atoms with Gasteiger partial charge in [0.2, 0.25) is 0 Å². The molecule has 13 heavy (non-hydrogen) atoms. The van der Waals surface area contributed by atoms with Gasteiger partial charge in [0.1, 0.15) is 0 Å². The van der Waals surface area contributed by atoms with E-state index < -0.39 is 0 Å². The van der Waals surface area contributed by atoms with Crippen molar-refractivity contribution in [1.29, 1.82) is 0 Å². The highest BCUT2D eigenvalue weighted by Crippen LogP contribution is 2.37. The zero-order valence-corrected chi connectivity index (χ0v) is 8.41. The summed E-state index contributed by atoms with van der Waals surface area (Å²) in [6.45, 7) is 0. The second kappa shape index (κ2) is 3.62. The highest BCUT2D eigenvalue weighted by Gasteiger charge is 2.29. The van der Waals surface area contributed by atoms with Crippen molar-refractivity contribution in [3.8, 4) is 0 Å². The van der Waals surface area contributed by atoms with Crippen LogP contribution in [0, 0.1) is 5.92 Å². The van der Waals surface area contributed by atoms with E-state index in [1.165, 1.54) is 17.6 Å². The standard InChI is InChI=1S/C8H13ClN4/c1-13-11-8(10-12-13)5-4-7(9)6-2-3-6/h6-7H,2-5H2,1H3. The molecular weight excluding hydrogens is 188 g/mol. The third-order valence-corrected chi connectivity index (χ3v) is 2.90. The Morgan fingerprint density at radius 3 is 2.92 bits per heavy atom. The molecule has 0 spiro atoms. The molecule has 1 aliphatic rings. The second-order valence-corrected chi connectivity index (χ2v) is 4.15. The molecule has 0 aliphatic heterocycles. The third kappa shape index (κ3) is 2.40. The molecule has 0 bridgehead atoms. The average Bonchev–Trinajstić information content (AvgIpc) is 2.87. The highest BCUT2D eigenvalue weighted by atomic mass is 35.5. The molecule has 0 N–H and O–H groups in total. The molecule has 1 heterocycles. The van der Waals surface area contributed by atoms with Crippen molar-refractivity contribution in [3.63, 3.8) is 0 Å². The Bertz CT molecular complexity index is 281. The minimum atomic E-state index is 0.309. The first-order valence-corrected chi connectivity index (χ1v) is 5.06. The molecule has 0 saturated heterocycles. The molecule has 0 radical (unpaired) electrons. The first kappa shape index (κ1) is 8.94. The predicted molar refractivity (Wildman–Crippen MR) is 49.5 cm³/mol. The molecule has 5 heteroatoms. The summed E-state index contributed by atoms with van der Waals surface area (Å²) >= 11 is 6.15. The van der Waals surface area contributed by atoms with Crippen LogP contribution in [0.4, 0.5) is 0 Å². The predicted octanol–water partition coefficient (Wildman–Crippen LogP) is 1.16. The van der Waals surface area contributed by atoms with Gasteiger partial charge in [0.15, 0.2) is 5.82 Å². The first-order chi connectivity index (χ1) is 6.25. The molecule has 1 aromatic rings. The topological polar surface area (TPSA) is 43.6 Å². The van der Waals surface area contributed by atoms with Gasteiger partial charge >= 0.3 is 0 Å². The zero-order chi connectivity index (χ0) is 9.26. The summed E-state index contributed by atoms with van der Waals surface area (Å²) in [6, 6.07) is 0. The Morgan fingerprint density at radius 1 is 1.62 bits per heavy atom. The van der Waals surface area contributed by atoms with Gasteiger partial charge in [-0.1, -0.05) is 0 Å². The largest absolute Gasteiger partial charge is 0.174 e. The molecule has 4 nitrogen and oxygen atoms in total. The third-order valence-electron chi connectivity index (χ3n) is 2.33. The Labute approximate surface area is 82.3 Å². The van der Waals surface area contributed by atoms with E-state index in [2.05, 4.69) is 15.4 Å². The Hall–Kier alpha value is -0.640. The fourth-order valence-corrected chi connectivity index (χ4v) is 1.75. The second-order valence-electron chi connectivity index (χ2n) is 3.59. The van der Waals surface area contributed by atoms with Crippen molar-refractivity contribution >= 4 is 11.6 Å². The van der Waals surface area contributed by atoms with E-state index >= 15 is 0 Å². The van der Waals surface area contributed by atoms with Gasteiger partial charge in [-0.05, 0) is 30.4 Å². The maximum Gasteiger partial charge on any atom is 0.174 e. The van der Waals surface area contributed by atoms with E-state index in [0.717, 1.165) is 24.6 Å². The number of tetrazole rings is 1. The Kier molecular flexibility index (Phi) is 2.49. The van der Waals surface area contributed by atoms with Gasteiger partial charge in [-0.2, -0.15) is 4.80 Å². The lowest BCUT2D eigenvalue weighted by atomic mass is 10.1. The van der Waals surface area contributed by atoms with Gasteiger partial charge in [0.25, 0.3) is 0 Å². The molecule has 72 valence electrons. The molecule has 2 rings (SSSR count). The van der Waals surface area contributed by atoms with Gasteiger partial charge in [0.05, 0.1) is 7.05 Å². The zero-order valence-electron chi connectivity index (χ0n) is 7.65. The quantitative estimate of drug-likeness (QED) is 0.686. The molecule has 1 fully saturated rings. The van der Waals surface area contributed by atoms with Crippen molar-refractivity contribution < 1.29 is 0 Å². The monoisotopic (exact) mass is 200 g/mol. The Morgan fingerprint density at radius 2 is 2.38 bits per heavy atom. The maximum atomic E-state index is 6.15. The molecule has 1 unspecified atom stereocenters. The number of hydrogen-bond donors (Lipinski definition) is 0. The van der Waals surface area contributed by atoms with Gasteiger partial charge in [-0.3, -0.25) is 0 Å². The van der Waals surface area contributed by atoms with Crippen LogP contribution in [0.5, 0.6) is 0 Å². The van der Waals surface area contributed by atoms with Crippen LogP contribution in [-0.4, -0.2) is 25.6 Å². The van der Waals surface area contributed by atoms with Gasteiger partial charge < -0.3 is 0 Å². The molecule has 1 atom stereocenters. The number of aryl methyl sites for hydroxylation is 2. The summed E-state index contributed by atoms with van der Waals surface area (Å²) in [5, 5.41) is 12.1. The van der Waals surface area contributed by atoms with E-state index in [1.807, 2.05) is 0 Å². The molecule has 0 aromatic carbocycles. The lowest BCUT2D eigenvalue weighted by Gasteiger charge is -2.03. The number of alkyl halides is 1. The van der Waals surface area contributed by atoms with E-state index in [0.29, 0.717) is 5.38 Å². The van der Waals surface area contributed by atoms with Gasteiger partial charge in [0, 0.05) is 11.8 Å². The molecule has 1 saturated carbocycles. The van der Waals surface area contributed by atoms with Crippen LogP contribution in [0.2, 0.25) is 0 Å². The average molecular weight is 201 g/mol. The molecule has 1 aliphatic carbocycles. The molecule has 1 aromatic heterocycles. The summed E-state index contributed by atoms with van der Waals surface area (Å²) in [7, 11) is 1.77. The smallest absolute Gasteiger partial charge is 0.167 e. The number of rotatable bonds is 4. The van der Waals surface area contributed by atoms with Crippen LogP contribution < -0.4 is 0 Å². The lowest BCUT2D eigenvalue weighted by Crippen LogP contribution is -2.04. The summed E-state index contributed by atoms with van der Waals surface area (Å²) in [5.74, 6) is 1.55. The fourth-order valence-electron chi connectivity index (χ4n) is 1.38. The molecular formula is C8H13ClN4. The van der Waals surface area contributed by atoms with Crippen LogP contribution >= 0.6 is 11.6 Å². The van der Waals surface area contributed by atoms with Crippen LogP contribution in [-0.2, 0) is 13.5 Å². The molecule has 0 amide bonds. The van der Waals surface area contributed by atoms with Crippen molar-refractivity contribution in [2.45, 2.75) is 31.1 Å². The van der Waals surface area contributed by atoms with Crippen molar-refractivity contribution in [2.75, 3.05) is 0 Å². The number of nitrogens with zero attached hydrogens (tertiary/aromatic N) is 4. The number of hydrogen-bond acceptors (Lipinski definition) is 3. The summed E-state index contributed by atoms with van der Waals surface area (Å²) in [6.07, 6.45) is 4.40. The van der Waals surface area contributed by atoms with Gasteiger partial charge in [-0.15, -0.1) is 21.8 Å². The van der Waals surface area contributed by atoms with Crippen LogP contribution in [0.3, 0.4) is 0 Å². The summed E-state index contributed by atoms with van der Waals surface area (Å²) in [4.78, 5) is 1.48. The summed E-state index contributed by atoms with van der Waals surface area (Å²) in [5.41, 5.74) is 0. The fraction of sp³-hybridized carbons (Fsp3) is 0.875. The van der Waals surface area contributed by atoms with Crippen molar-refractivity contribution in [1.82, 2.24) is 20.2 Å². The lowest BCUT2D eigenvalue weighted by molar-refractivity contribution is 0.622. The van der Waals surface area contributed by atoms with E-state index in [-0.39, 0.29) is 0 Å². The summed E-state index contributed by atoms with van der Waals surface area (Å²) < 4.78 is 0. The van der Waals surface area contributed by atoms with Gasteiger partial charge in [-0.25, -0.2) is 0 Å². The van der Waals surface area contributed by atoms with E-state index in [4.69, 9.17) is 11.6 Å². The van der Waals surface area contributed by atoms with Crippen LogP contribution in [0.15, 0.2) is 0 Å². The number of aromatic nitrogens is 4. The normalized spacial score (nSPS) is 18.9. The first-order valence-electron chi connectivity index (χ1n) is 4.62. The van der Waals surface area contributed by atoms with Crippen LogP contribution in [0.25, 0.3) is 0 Å².